The molecule has 0 spiro atoms. The molecule has 1 heterocycles. The van der Waals surface area contributed by atoms with Crippen molar-refractivity contribution in [3.63, 3.8) is 0 Å². The molecule has 0 aromatic carbocycles. The largest absolute Gasteiger partial charge is 0.393 e. The van der Waals surface area contributed by atoms with Gasteiger partial charge in [-0.2, -0.15) is 0 Å². The lowest BCUT2D eigenvalue weighted by Gasteiger charge is -2.25. The molecule has 112 valence electrons. The molecule has 1 fully saturated rings. The van der Waals surface area contributed by atoms with E-state index in [0.29, 0.717) is 17.3 Å². The molecule has 1 aliphatic rings. The first-order valence-corrected chi connectivity index (χ1v) is 7.69. The standard InChI is InChI=1S/C13H22N4O2S/c1-17(2)13-16-11(14)10(20-13)12(19)15-7-8-4-3-5-9(18)6-8/h8-9,18H,3-7,14H2,1-2H3,(H,15,19). The molecule has 4 N–H and O–H groups in total. The summed E-state index contributed by atoms with van der Waals surface area (Å²) in [5.74, 6) is 0.457. The van der Waals surface area contributed by atoms with E-state index in [2.05, 4.69) is 10.3 Å². The second kappa shape index (κ2) is 6.41. The number of nitrogen functional groups attached to an aromatic ring is 1. The third-order valence-electron chi connectivity index (χ3n) is 3.54. The molecule has 0 aliphatic heterocycles. The van der Waals surface area contributed by atoms with E-state index in [1.807, 2.05) is 19.0 Å². The van der Waals surface area contributed by atoms with Crippen molar-refractivity contribution < 1.29 is 9.90 Å². The topological polar surface area (TPSA) is 91.5 Å². The van der Waals surface area contributed by atoms with E-state index in [1.165, 1.54) is 11.3 Å². The molecule has 1 amide bonds. The van der Waals surface area contributed by atoms with E-state index < -0.39 is 0 Å². The number of hydrogen-bond acceptors (Lipinski definition) is 6. The van der Waals surface area contributed by atoms with E-state index in [1.54, 1.807) is 0 Å². The van der Waals surface area contributed by atoms with Crippen LogP contribution in [0.3, 0.4) is 0 Å². The Morgan fingerprint density at radius 1 is 1.55 bits per heavy atom. The van der Waals surface area contributed by atoms with Gasteiger partial charge in [0, 0.05) is 20.6 Å². The number of nitrogens with zero attached hydrogens (tertiary/aromatic N) is 2. The first-order valence-electron chi connectivity index (χ1n) is 6.87. The molecule has 1 aromatic heterocycles. The first kappa shape index (κ1) is 15.1. The maximum atomic E-state index is 12.1. The Kier molecular flexibility index (Phi) is 4.82. The van der Waals surface area contributed by atoms with Crippen LogP contribution >= 0.6 is 11.3 Å². The quantitative estimate of drug-likeness (QED) is 0.773. The molecule has 0 bridgehead atoms. The van der Waals surface area contributed by atoms with Crippen molar-refractivity contribution in [1.29, 1.82) is 0 Å². The average molecular weight is 298 g/mol. The van der Waals surface area contributed by atoms with Crippen LogP contribution in [0.5, 0.6) is 0 Å². The van der Waals surface area contributed by atoms with Gasteiger partial charge >= 0.3 is 0 Å². The number of nitrogens with one attached hydrogen (secondary N) is 1. The SMILES string of the molecule is CN(C)c1nc(N)c(C(=O)NCC2CCCC(O)C2)s1. The van der Waals surface area contributed by atoms with Gasteiger partial charge in [-0.25, -0.2) is 4.98 Å². The summed E-state index contributed by atoms with van der Waals surface area (Å²) >= 11 is 1.29. The smallest absolute Gasteiger partial charge is 0.265 e. The zero-order chi connectivity index (χ0) is 14.7. The van der Waals surface area contributed by atoms with Crippen molar-refractivity contribution in [3.8, 4) is 0 Å². The number of carbonyl (C=O) groups excluding carboxylic acids is 1. The number of hydrogen-bond donors (Lipinski definition) is 3. The second-order valence-corrected chi connectivity index (χ2v) is 6.48. The lowest BCUT2D eigenvalue weighted by molar-refractivity contribution is 0.0877. The number of aliphatic hydroxyl groups excluding tert-OH is 1. The normalized spacial score (nSPS) is 22.6. The summed E-state index contributed by atoms with van der Waals surface area (Å²) in [6, 6.07) is 0. The monoisotopic (exact) mass is 298 g/mol. The van der Waals surface area contributed by atoms with Crippen molar-refractivity contribution in [2.75, 3.05) is 31.3 Å². The second-order valence-electron chi connectivity index (χ2n) is 5.50. The summed E-state index contributed by atoms with van der Waals surface area (Å²) in [6.07, 6.45) is 3.49. The molecule has 20 heavy (non-hydrogen) atoms. The van der Waals surface area contributed by atoms with E-state index in [-0.39, 0.29) is 17.8 Å². The van der Waals surface area contributed by atoms with Gasteiger partial charge in [-0.15, -0.1) is 0 Å². The highest BCUT2D eigenvalue weighted by molar-refractivity contribution is 7.18. The van der Waals surface area contributed by atoms with E-state index in [4.69, 9.17) is 5.73 Å². The average Bonchev–Trinajstić information content (AvgIpc) is 2.78. The molecule has 2 atom stereocenters. The van der Waals surface area contributed by atoms with Gasteiger partial charge in [0.15, 0.2) is 5.13 Å². The van der Waals surface area contributed by atoms with Crippen LogP contribution in [0.2, 0.25) is 0 Å². The van der Waals surface area contributed by atoms with Crippen LogP contribution in [0, 0.1) is 5.92 Å². The van der Waals surface area contributed by atoms with E-state index in [0.717, 1.165) is 30.8 Å². The Labute approximate surface area is 123 Å². The summed E-state index contributed by atoms with van der Waals surface area (Å²) in [4.78, 5) is 18.6. The highest BCUT2D eigenvalue weighted by Gasteiger charge is 2.22. The van der Waals surface area contributed by atoms with Crippen LogP contribution in [-0.2, 0) is 0 Å². The van der Waals surface area contributed by atoms with Gasteiger partial charge in [-0.05, 0) is 25.2 Å². The van der Waals surface area contributed by atoms with Crippen LogP contribution in [-0.4, -0.2) is 42.7 Å². The highest BCUT2D eigenvalue weighted by Crippen LogP contribution is 2.27. The number of anilines is 2. The number of nitrogens with two attached hydrogens (primary N) is 1. The Morgan fingerprint density at radius 3 is 2.90 bits per heavy atom. The number of rotatable bonds is 4. The fraction of sp³-hybridized carbons (Fsp3) is 0.692. The van der Waals surface area contributed by atoms with Crippen LogP contribution < -0.4 is 16.0 Å². The minimum atomic E-state index is -0.223. The molecule has 2 unspecified atom stereocenters. The van der Waals surface area contributed by atoms with Crippen molar-refractivity contribution in [1.82, 2.24) is 10.3 Å². The molecule has 7 heteroatoms. The Balaban J connectivity index is 1.91. The minimum absolute atomic E-state index is 0.173. The Bertz CT molecular complexity index is 475. The van der Waals surface area contributed by atoms with E-state index in [9.17, 15) is 9.90 Å². The van der Waals surface area contributed by atoms with Gasteiger partial charge in [-0.1, -0.05) is 17.8 Å². The predicted octanol–water partition coefficient (Wildman–Crippen LogP) is 1.07. The Hall–Kier alpha value is -1.34. The maximum absolute atomic E-state index is 12.1. The summed E-state index contributed by atoms with van der Waals surface area (Å²) in [6.45, 7) is 0.588. The van der Waals surface area contributed by atoms with Crippen molar-refractivity contribution in [2.45, 2.75) is 31.8 Å². The zero-order valence-electron chi connectivity index (χ0n) is 11.9. The number of aliphatic hydroxyl groups is 1. The third-order valence-corrected chi connectivity index (χ3v) is 4.77. The van der Waals surface area contributed by atoms with Crippen LogP contribution in [0.1, 0.15) is 35.4 Å². The molecule has 1 aromatic rings. The van der Waals surface area contributed by atoms with Crippen molar-refractivity contribution in [3.05, 3.63) is 4.88 Å². The minimum Gasteiger partial charge on any atom is -0.393 e. The molecular formula is C13H22N4O2S. The predicted molar refractivity (Wildman–Crippen MR) is 81.2 cm³/mol. The molecule has 6 nitrogen and oxygen atoms in total. The number of amides is 1. The maximum Gasteiger partial charge on any atom is 0.265 e. The van der Waals surface area contributed by atoms with Crippen LogP contribution in [0.4, 0.5) is 10.9 Å². The molecular weight excluding hydrogens is 276 g/mol. The third kappa shape index (κ3) is 3.61. The molecule has 0 radical (unpaired) electrons. The zero-order valence-corrected chi connectivity index (χ0v) is 12.7. The van der Waals surface area contributed by atoms with Gasteiger partial charge in [0.2, 0.25) is 0 Å². The van der Waals surface area contributed by atoms with Gasteiger partial charge < -0.3 is 21.1 Å². The first-order chi connectivity index (χ1) is 9.47. The highest BCUT2D eigenvalue weighted by atomic mass is 32.1. The lowest BCUT2D eigenvalue weighted by Crippen LogP contribution is -2.32. The number of thiazole rings is 1. The summed E-state index contributed by atoms with van der Waals surface area (Å²) in [5.41, 5.74) is 5.78. The molecule has 1 saturated carbocycles. The van der Waals surface area contributed by atoms with Crippen LogP contribution in [0.25, 0.3) is 0 Å². The van der Waals surface area contributed by atoms with Crippen molar-refractivity contribution in [2.24, 2.45) is 5.92 Å². The summed E-state index contributed by atoms with van der Waals surface area (Å²) in [7, 11) is 3.73. The lowest BCUT2D eigenvalue weighted by atomic mass is 9.87. The number of carbonyl (C=O) groups is 1. The van der Waals surface area contributed by atoms with Gasteiger partial charge in [0.05, 0.1) is 6.10 Å². The van der Waals surface area contributed by atoms with Gasteiger partial charge in [0.1, 0.15) is 10.7 Å². The summed E-state index contributed by atoms with van der Waals surface area (Å²) < 4.78 is 0. The van der Waals surface area contributed by atoms with Gasteiger partial charge in [0.25, 0.3) is 5.91 Å². The van der Waals surface area contributed by atoms with Gasteiger partial charge in [-0.3, -0.25) is 4.79 Å². The molecule has 1 aliphatic carbocycles. The Morgan fingerprint density at radius 2 is 2.30 bits per heavy atom. The van der Waals surface area contributed by atoms with Crippen LogP contribution in [0.15, 0.2) is 0 Å². The van der Waals surface area contributed by atoms with E-state index >= 15 is 0 Å². The molecule has 2 rings (SSSR count). The fourth-order valence-corrected chi connectivity index (χ4v) is 3.26. The summed E-state index contributed by atoms with van der Waals surface area (Å²) in [5, 5.41) is 13.3. The molecule has 0 saturated heterocycles. The fourth-order valence-electron chi connectivity index (χ4n) is 2.44. The number of aromatic nitrogens is 1. The van der Waals surface area contributed by atoms with Crippen molar-refractivity contribution >= 4 is 28.2 Å².